The zero-order valence-electron chi connectivity index (χ0n) is 36.2. The molecule has 67 heavy (non-hydrogen) atoms. The van der Waals surface area contributed by atoms with Gasteiger partial charge in [0.05, 0.1) is 27.8 Å². The lowest BCUT2D eigenvalue weighted by Crippen LogP contribution is -2.36. The van der Waals surface area contributed by atoms with Gasteiger partial charge in [0.25, 0.3) is 0 Å². The Labute approximate surface area is 390 Å². The summed E-state index contributed by atoms with van der Waals surface area (Å²) in [6, 6.07) is 85.1. The third-order valence-electron chi connectivity index (χ3n) is 14.6. The highest BCUT2D eigenvalue weighted by Gasteiger charge is 2.49. The number of thiophene rings is 1. The summed E-state index contributed by atoms with van der Waals surface area (Å²) >= 11 is 1.86. The fourth-order valence-electron chi connectivity index (χ4n) is 11.9. The molecule has 0 amide bonds. The van der Waals surface area contributed by atoms with E-state index in [1.807, 2.05) is 11.3 Å². The zero-order valence-corrected chi connectivity index (χ0v) is 37.0. The van der Waals surface area contributed by atoms with Crippen LogP contribution in [0.25, 0.3) is 80.3 Å². The molecule has 1 unspecified atom stereocenters. The number of nitrogens with zero attached hydrogens (tertiary/aromatic N) is 2. The van der Waals surface area contributed by atoms with Crippen molar-refractivity contribution in [2.45, 2.75) is 5.41 Å². The van der Waals surface area contributed by atoms with Crippen LogP contribution in [0.4, 0.5) is 17.1 Å². The van der Waals surface area contributed by atoms with Crippen LogP contribution < -0.4 is 9.64 Å². The van der Waals surface area contributed by atoms with Crippen LogP contribution in [-0.2, 0) is 5.41 Å². The molecule has 1 aliphatic heterocycles. The van der Waals surface area contributed by atoms with Crippen molar-refractivity contribution in [2.75, 3.05) is 4.90 Å². The first-order valence-electron chi connectivity index (χ1n) is 23.0. The van der Waals surface area contributed by atoms with Gasteiger partial charge in [-0.3, -0.25) is 0 Å². The van der Waals surface area contributed by atoms with Crippen molar-refractivity contribution in [1.29, 1.82) is 0 Å². The van der Waals surface area contributed by atoms with Crippen molar-refractivity contribution in [3.8, 4) is 28.3 Å². The molecule has 2 aliphatic rings. The molecule has 0 N–H and O–H groups in total. The first-order chi connectivity index (χ1) is 33.2. The first kappa shape index (κ1) is 36.9. The summed E-state index contributed by atoms with van der Waals surface area (Å²) in [4.78, 5) is 2.47. The summed E-state index contributed by atoms with van der Waals surface area (Å²) in [6.45, 7) is 0. The Morgan fingerprint density at radius 2 is 1.01 bits per heavy atom. The third kappa shape index (κ3) is 5.00. The van der Waals surface area contributed by atoms with Gasteiger partial charge >= 0.3 is 0 Å². The molecule has 15 rings (SSSR count). The quantitative estimate of drug-likeness (QED) is 0.175. The molecule has 0 radical (unpaired) electrons. The van der Waals surface area contributed by atoms with E-state index in [0.717, 1.165) is 39.7 Å². The molecule has 11 aromatic carbocycles. The van der Waals surface area contributed by atoms with E-state index >= 15 is 0 Å². The van der Waals surface area contributed by atoms with Gasteiger partial charge in [-0.05, 0) is 111 Å². The van der Waals surface area contributed by atoms with Gasteiger partial charge in [-0.2, -0.15) is 0 Å². The van der Waals surface area contributed by atoms with E-state index in [2.05, 4.69) is 240 Å². The molecular weight excluding hydrogens is 833 g/mol. The summed E-state index contributed by atoms with van der Waals surface area (Å²) in [6.07, 6.45) is 0. The molecule has 0 bridgehead atoms. The Balaban J connectivity index is 1.02. The largest absolute Gasteiger partial charge is 0.457 e. The van der Waals surface area contributed by atoms with E-state index in [1.165, 1.54) is 91.5 Å². The zero-order chi connectivity index (χ0) is 43.8. The van der Waals surface area contributed by atoms with Gasteiger partial charge in [-0.15, -0.1) is 11.3 Å². The molecule has 4 heteroatoms. The highest BCUT2D eigenvalue weighted by molar-refractivity contribution is 7.25. The monoisotopic (exact) mass is 870 g/mol. The van der Waals surface area contributed by atoms with Crippen LogP contribution >= 0.6 is 11.3 Å². The Hall–Kier alpha value is -8.44. The molecule has 0 fully saturated rings. The van der Waals surface area contributed by atoms with Gasteiger partial charge in [0, 0.05) is 58.8 Å². The van der Waals surface area contributed by atoms with Gasteiger partial charge in [-0.1, -0.05) is 158 Å². The number of hydrogen-bond acceptors (Lipinski definition) is 3. The van der Waals surface area contributed by atoms with E-state index in [0.29, 0.717) is 0 Å². The molecule has 2 aromatic heterocycles. The Kier molecular flexibility index (Phi) is 7.58. The van der Waals surface area contributed by atoms with Crippen molar-refractivity contribution in [2.24, 2.45) is 0 Å². The lowest BCUT2D eigenvalue weighted by atomic mass is 9.58. The molecule has 3 nitrogen and oxygen atoms in total. The molecule has 3 heterocycles. The van der Waals surface area contributed by atoms with Crippen molar-refractivity contribution in [3.05, 3.63) is 253 Å². The summed E-state index contributed by atoms with van der Waals surface area (Å²) in [5.41, 5.74) is 13.4. The second-order valence-electron chi connectivity index (χ2n) is 17.9. The van der Waals surface area contributed by atoms with Crippen LogP contribution in [0.2, 0.25) is 0 Å². The number of hydrogen-bond donors (Lipinski definition) is 0. The van der Waals surface area contributed by atoms with Crippen LogP contribution in [-0.4, -0.2) is 4.57 Å². The summed E-state index contributed by atoms with van der Waals surface area (Å²) in [5.74, 6) is 1.74. The molecule has 1 aliphatic carbocycles. The van der Waals surface area contributed by atoms with Crippen LogP contribution in [0.15, 0.2) is 231 Å². The second-order valence-corrected chi connectivity index (χ2v) is 19.0. The first-order valence-corrected chi connectivity index (χ1v) is 23.8. The van der Waals surface area contributed by atoms with Crippen molar-refractivity contribution < 1.29 is 4.74 Å². The van der Waals surface area contributed by atoms with Gasteiger partial charge in [-0.25, -0.2) is 0 Å². The van der Waals surface area contributed by atoms with Crippen LogP contribution in [0.3, 0.4) is 0 Å². The molecular formula is C63H38N2OS. The van der Waals surface area contributed by atoms with Gasteiger partial charge in [0.2, 0.25) is 0 Å². The number of aromatic nitrogens is 1. The van der Waals surface area contributed by atoms with Crippen molar-refractivity contribution >= 4 is 91.9 Å². The average Bonchev–Trinajstić information content (AvgIpc) is 3.94. The molecule has 1 atom stereocenters. The molecule has 312 valence electrons. The number of para-hydroxylation sites is 2. The average molecular weight is 871 g/mol. The second kappa shape index (κ2) is 13.8. The normalized spacial score (nSPS) is 14.7. The summed E-state index contributed by atoms with van der Waals surface area (Å²) in [5, 5.41) is 9.89. The Morgan fingerprint density at radius 3 is 1.96 bits per heavy atom. The molecule has 1 spiro atoms. The topological polar surface area (TPSA) is 17.4 Å². The predicted molar refractivity (Wildman–Crippen MR) is 281 cm³/mol. The molecule has 0 saturated heterocycles. The maximum Gasteiger partial charge on any atom is 0.132 e. The van der Waals surface area contributed by atoms with Gasteiger partial charge in [0.15, 0.2) is 0 Å². The smallest absolute Gasteiger partial charge is 0.132 e. The molecule has 13 aromatic rings. The van der Waals surface area contributed by atoms with Crippen molar-refractivity contribution in [3.63, 3.8) is 0 Å². The van der Waals surface area contributed by atoms with E-state index in [9.17, 15) is 0 Å². The van der Waals surface area contributed by atoms with E-state index in [4.69, 9.17) is 4.74 Å². The van der Waals surface area contributed by atoms with Gasteiger partial charge in [0.1, 0.15) is 11.5 Å². The minimum atomic E-state index is -0.667. The Morgan fingerprint density at radius 1 is 0.388 bits per heavy atom. The van der Waals surface area contributed by atoms with Crippen LogP contribution in [0.1, 0.15) is 22.3 Å². The maximum atomic E-state index is 7.00. The lowest BCUT2D eigenvalue weighted by Gasteiger charge is -2.45. The van der Waals surface area contributed by atoms with E-state index in [-0.39, 0.29) is 0 Å². The fourth-order valence-corrected chi connectivity index (χ4v) is 13.1. The number of fused-ring (bicyclic) bond motifs is 15. The highest BCUT2D eigenvalue weighted by atomic mass is 32.1. The van der Waals surface area contributed by atoms with Crippen molar-refractivity contribution in [1.82, 2.24) is 4.57 Å². The minimum Gasteiger partial charge on any atom is -0.457 e. The number of rotatable bonds is 4. The third-order valence-corrected chi connectivity index (χ3v) is 15.7. The van der Waals surface area contributed by atoms with Gasteiger partial charge < -0.3 is 14.2 Å². The number of anilines is 3. The highest BCUT2D eigenvalue weighted by Crippen LogP contribution is 2.62. The maximum absolute atomic E-state index is 7.00. The minimum absolute atomic E-state index is 0.667. The predicted octanol–water partition coefficient (Wildman–Crippen LogP) is 17.4. The van der Waals surface area contributed by atoms with Crippen LogP contribution in [0.5, 0.6) is 11.5 Å². The number of benzene rings is 11. The number of ether oxygens (including phenoxy) is 1. The van der Waals surface area contributed by atoms with E-state index < -0.39 is 5.41 Å². The summed E-state index contributed by atoms with van der Waals surface area (Å²) < 4.78 is 12.1. The molecule has 0 saturated carbocycles. The fraction of sp³-hybridized carbons (Fsp3) is 0.0159. The standard InChI is InChI=1S/C63H38N2OS/c1-2-19-43-39(15-1)16-13-28-53(43)64(41-33-35-55-48(37-41)45-21-4-8-27-54(45)65(55)56-29-14-32-60-62(56)47-22-5-10-31-59(47)67-60)42-34-36-58-52(38-42)63(50-25-7-9-30-57(50)66-58)49-24-6-3-20-44(49)46-23-11-17-40-18-12-26-51(63)61(40)46/h1-38H. The van der Waals surface area contributed by atoms with E-state index in [1.54, 1.807) is 0 Å². The summed E-state index contributed by atoms with van der Waals surface area (Å²) in [7, 11) is 0. The Bertz CT molecular complexity index is 4220. The lowest BCUT2D eigenvalue weighted by molar-refractivity contribution is 0.435. The van der Waals surface area contributed by atoms with Crippen LogP contribution in [0, 0.1) is 0 Å². The SMILES string of the molecule is c1ccc2c(c1)Oc1ccc(N(c3ccc4c(c3)c3ccccc3n4-c3cccc4sc5ccccc5c34)c3cccc4ccccc34)cc1C21c2ccccc2-c2cccc3cccc1c23.